The quantitative estimate of drug-likeness (QED) is 0.0327. The normalized spacial score (nSPS) is 20.6. The Morgan fingerprint density at radius 3 is 2.18 bits per heavy atom. The van der Waals surface area contributed by atoms with Gasteiger partial charge in [0.2, 0.25) is 11.8 Å². The maximum Gasteiger partial charge on any atom is 0.274 e. The Labute approximate surface area is 384 Å². The van der Waals surface area contributed by atoms with Crippen LogP contribution >= 0.6 is 35.2 Å². The lowest BCUT2D eigenvalue weighted by Crippen LogP contribution is -2.46. The van der Waals surface area contributed by atoms with Crippen molar-refractivity contribution >= 4 is 75.1 Å². The van der Waals surface area contributed by atoms with Crippen LogP contribution in [0.2, 0.25) is 0 Å². The number of unbranched alkanes of at least 4 members (excludes halogenated alkanes) is 9. The van der Waals surface area contributed by atoms with Gasteiger partial charge in [0.15, 0.2) is 22.8 Å². The van der Waals surface area contributed by atoms with Crippen LogP contribution in [0, 0.1) is 11.3 Å². The number of nitrogens with two attached hydrogens (primary N) is 1. The van der Waals surface area contributed by atoms with Gasteiger partial charge in [-0.15, -0.1) is 0 Å². The van der Waals surface area contributed by atoms with Crippen molar-refractivity contribution in [3.05, 3.63) is 12.7 Å². The average molecular weight is 1020 g/mol. The number of aliphatic hydroxyl groups is 2. The Hall–Kier alpha value is -2.97. The Morgan fingerprint density at radius 1 is 0.939 bits per heavy atom. The van der Waals surface area contributed by atoms with Crippen LogP contribution in [0.15, 0.2) is 12.7 Å². The van der Waals surface area contributed by atoms with Crippen molar-refractivity contribution < 1.29 is 90.4 Å². The van der Waals surface area contributed by atoms with Gasteiger partial charge in [0.25, 0.3) is 15.6 Å². The number of aromatic nitrogens is 4. The van der Waals surface area contributed by atoms with Crippen LogP contribution in [-0.4, -0.2) is 109 Å². The molecule has 0 bridgehead atoms. The molecule has 1 fully saturated rings. The zero-order valence-corrected chi connectivity index (χ0v) is 40.1. The van der Waals surface area contributed by atoms with Crippen molar-refractivity contribution in [3.8, 4) is 0 Å². The Morgan fingerprint density at radius 2 is 1.56 bits per heavy atom. The molecule has 2 aromatic rings. The number of carbonyl (C=O) groups excluding carboxylic acids is 4. The van der Waals surface area contributed by atoms with E-state index in [1.54, 1.807) is 0 Å². The molecule has 3 heterocycles. The van der Waals surface area contributed by atoms with Crippen LogP contribution in [0.5, 0.6) is 0 Å². The fourth-order valence-corrected chi connectivity index (χ4v) is 10.1. The minimum atomic E-state index is -5.95. The number of nitrogens with zero attached hydrogens (tertiary/aromatic N) is 4. The summed E-state index contributed by atoms with van der Waals surface area (Å²) in [5.41, 5.74) is 4.01. The van der Waals surface area contributed by atoms with Crippen molar-refractivity contribution in [2.75, 3.05) is 37.8 Å². The molecule has 2 amide bonds. The molecular weight excluding hydrogens is 959 g/mol. The predicted molar refractivity (Wildman–Crippen MR) is 223 cm³/mol. The number of carboxylic acid groups (broad SMARTS) is 1. The molecule has 0 aromatic carbocycles. The number of phosphoric ester groups is 3. The molecule has 1 aliphatic heterocycles. The van der Waals surface area contributed by atoms with Gasteiger partial charge in [-0.05, 0) is 6.42 Å². The second-order valence-corrected chi connectivity index (χ2v) is 21.2. The third kappa shape index (κ3) is 19.2. The summed E-state index contributed by atoms with van der Waals surface area (Å²) < 4.78 is 60.7. The van der Waals surface area contributed by atoms with E-state index in [4.69, 9.17) is 10.5 Å². The highest BCUT2D eigenvalue weighted by Crippen LogP contribution is 2.56. The first-order valence-corrected chi connectivity index (χ1v) is 26.4. The number of imidazole rings is 1. The van der Waals surface area contributed by atoms with E-state index in [-0.39, 0.29) is 48.7 Å². The molecule has 6 N–H and O–H groups in total. The number of thioether (sulfide) groups is 1. The zero-order chi connectivity index (χ0) is 49.3. The molecule has 26 nitrogen and oxygen atoms in total. The fourth-order valence-electron chi connectivity index (χ4n) is 6.53. The van der Waals surface area contributed by atoms with E-state index < -0.39 is 102 Å². The van der Waals surface area contributed by atoms with Gasteiger partial charge in [-0.2, -0.15) is 0 Å². The van der Waals surface area contributed by atoms with E-state index >= 15 is 0 Å². The smallest absolute Gasteiger partial charge is 0.274 e. The van der Waals surface area contributed by atoms with E-state index in [2.05, 4.69) is 50.4 Å². The number of carboxylic acids is 1. The number of hydrogen-bond acceptors (Lipinski definition) is 24. The summed E-state index contributed by atoms with van der Waals surface area (Å²) in [7, 11) is -17.7. The highest BCUT2D eigenvalue weighted by Gasteiger charge is 2.47. The molecule has 3 rings (SSSR count). The third-order valence-electron chi connectivity index (χ3n) is 10.1. The molecule has 2 aromatic heterocycles. The number of phosphoric acid groups is 3. The van der Waals surface area contributed by atoms with E-state index in [0.717, 1.165) is 54.7 Å². The molecule has 0 aliphatic carbocycles. The lowest BCUT2D eigenvalue weighted by molar-refractivity contribution is -0.347. The molecule has 1 aliphatic rings. The minimum Gasteiger partial charge on any atom is -0.790 e. The number of rotatable bonds is 32. The molecule has 0 saturated carbocycles. The van der Waals surface area contributed by atoms with Crippen LogP contribution in [-0.2, 0) is 55.5 Å². The van der Waals surface area contributed by atoms with Gasteiger partial charge in [0.05, 0.1) is 39.3 Å². The summed E-state index contributed by atoms with van der Waals surface area (Å²) in [5.74, 6) is -4.35. The number of nitrogens with one attached hydrogen (secondary N) is 2. The molecule has 0 radical (unpaired) electrons. The molecule has 3 unspecified atom stereocenters. The number of ether oxygens (including phenoxy) is 1. The molecule has 1 saturated heterocycles. The van der Waals surface area contributed by atoms with E-state index in [0.29, 0.717) is 6.42 Å². The number of amides is 2. The maximum absolute atomic E-state index is 12.6. The van der Waals surface area contributed by atoms with Crippen molar-refractivity contribution in [2.24, 2.45) is 11.3 Å². The lowest BCUT2D eigenvalue weighted by Gasteiger charge is -2.36. The van der Waals surface area contributed by atoms with Crippen molar-refractivity contribution in [1.29, 1.82) is 0 Å². The number of nitrogen functional groups attached to an aromatic ring is 1. The number of aliphatic carboxylic acids is 1. The maximum atomic E-state index is 12.6. The standard InChI is InChI=1S/C36H62N7O19P3S/c1-4-5-6-7-8-9-10-11-12-13-14-23(34(48)49)35(50)66-18-17-38-25(44)15-16-39-32(47)29(46)36(2,3)20-59-65(56,57)62-64(54,55)58-19-24-28(61-63(51,52)53)27(45)33(60-24)43-22-42-26-30(37)40-21-41-31(26)43/h21-24,27-29,33,45-46H,4-20H2,1-3H3,(H,38,44)(H,39,47)(H,48,49)(H,54,55)(H,56,57)(H2,37,40,41)(H2,51,52,53)/p-5/t23?,24-,27-,28-,29+,33-/m1/s1. The lowest BCUT2D eigenvalue weighted by atomic mass is 9.87. The summed E-state index contributed by atoms with van der Waals surface area (Å²) in [6.07, 6.45) is 2.94. The van der Waals surface area contributed by atoms with Gasteiger partial charge < -0.3 is 78.9 Å². The highest BCUT2D eigenvalue weighted by molar-refractivity contribution is 8.13. The first kappa shape index (κ1) is 57.3. The van der Waals surface area contributed by atoms with Crippen LogP contribution < -0.4 is 41.0 Å². The fraction of sp³-hybridized carbons (Fsp3) is 0.750. The Bertz CT molecular complexity index is 2060. The predicted octanol–water partition coefficient (Wildman–Crippen LogP) is -1.19. The highest BCUT2D eigenvalue weighted by atomic mass is 32.2. The van der Waals surface area contributed by atoms with Crippen LogP contribution in [0.25, 0.3) is 11.2 Å². The second-order valence-electron chi connectivity index (χ2n) is 16.0. The Balaban J connectivity index is 1.39. The third-order valence-corrected chi connectivity index (χ3v) is 14.1. The molecule has 66 heavy (non-hydrogen) atoms. The topological polar surface area (TPSA) is 415 Å². The van der Waals surface area contributed by atoms with Crippen molar-refractivity contribution in [2.45, 2.75) is 128 Å². The van der Waals surface area contributed by atoms with Gasteiger partial charge in [0, 0.05) is 30.7 Å². The summed E-state index contributed by atoms with van der Waals surface area (Å²) in [4.78, 5) is 109. The van der Waals surface area contributed by atoms with Crippen molar-refractivity contribution in [3.63, 3.8) is 0 Å². The number of carbonyl (C=O) groups is 4. The van der Waals surface area contributed by atoms with Gasteiger partial charge >= 0.3 is 0 Å². The van der Waals surface area contributed by atoms with E-state index in [1.165, 1.54) is 46.0 Å². The summed E-state index contributed by atoms with van der Waals surface area (Å²) in [6, 6.07) is 0. The number of hydrogen-bond donors (Lipinski definition) is 5. The van der Waals surface area contributed by atoms with Crippen LogP contribution in [0.4, 0.5) is 5.82 Å². The summed E-state index contributed by atoms with van der Waals surface area (Å²) in [6.45, 7) is 1.89. The average Bonchev–Trinajstić information content (AvgIpc) is 3.79. The monoisotopic (exact) mass is 1020 g/mol. The molecule has 8 atom stereocenters. The molecular formula is C36H57N7O19P3S-5. The molecule has 0 spiro atoms. The Kier molecular flexibility index (Phi) is 23.2. The number of fused-ring (bicyclic) bond motifs is 1. The van der Waals surface area contributed by atoms with Gasteiger partial charge in [0.1, 0.15) is 36.3 Å². The zero-order valence-electron chi connectivity index (χ0n) is 36.6. The largest absolute Gasteiger partial charge is 0.790 e. The summed E-state index contributed by atoms with van der Waals surface area (Å²) >= 11 is 0.755. The van der Waals surface area contributed by atoms with E-state index in [9.17, 15) is 67.8 Å². The first-order chi connectivity index (χ1) is 30.9. The van der Waals surface area contributed by atoms with Gasteiger partial charge in [-0.1, -0.05) is 96.7 Å². The van der Waals surface area contributed by atoms with Gasteiger partial charge in [-0.25, -0.2) is 19.3 Å². The second kappa shape index (κ2) is 26.7. The molecule has 30 heteroatoms. The minimum absolute atomic E-state index is 0.00211. The number of anilines is 1. The van der Waals surface area contributed by atoms with E-state index in [1.807, 2.05) is 0 Å². The molecule has 376 valence electrons. The summed E-state index contributed by atoms with van der Waals surface area (Å²) in [5, 5.41) is 37.2. The van der Waals surface area contributed by atoms with Gasteiger partial charge in [-0.3, -0.25) is 28.1 Å². The van der Waals surface area contributed by atoms with Crippen LogP contribution in [0.3, 0.4) is 0 Å². The van der Waals surface area contributed by atoms with Crippen LogP contribution in [0.1, 0.15) is 104 Å². The first-order valence-electron chi connectivity index (χ1n) is 21.1. The number of aliphatic hydroxyl groups excluding tert-OH is 2. The van der Waals surface area contributed by atoms with Crippen molar-refractivity contribution in [1.82, 2.24) is 30.2 Å². The SMILES string of the molecule is CCCCCCCCCCCCC(C(=O)[O-])C(=O)SCCNC(=O)CCNC(=O)[C@H](O)C(C)(C)COP(=O)([O-])OP(=O)([O-])OC[C@H]1O[C@@H](n2cnc3c(N)ncnc32)[C@H](O)[C@@H]1OP(=O)([O-])[O-].